The van der Waals surface area contributed by atoms with E-state index in [0.29, 0.717) is 41.0 Å². The zero-order valence-corrected chi connectivity index (χ0v) is 13.8. The standard InChI is InChI=1S/C16H13FN4O3S/c17-11-4-2-1-3-10(11)15-18-7-13(25-15)16(22)21-5-6-23-8-12(21)14-19-9-24-20-14/h1-4,7,9,12H,5-6,8H2. The van der Waals surface area contributed by atoms with Crippen LogP contribution in [0.4, 0.5) is 4.39 Å². The lowest BCUT2D eigenvalue weighted by molar-refractivity contribution is -0.00552. The van der Waals surface area contributed by atoms with Crippen LogP contribution in [0.2, 0.25) is 0 Å². The topological polar surface area (TPSA) is 81.4 Å². The minimum absolute atomic E-state index is 0.210. The minimum Gasteiger partial charge on any atom is -0.377 e. The van der Waals surface area contributed by atoms with Gasteiger partial charge in [0.1, 0.15) is 21.7 Å². The SMILES string of the molecule is O=C(c1cnc(-c2ccccc2F)s1)N1CCOCC1c1ncon1. The predicted molar refractivity (Wildman–Crippen MR) is 86.4 cm³/mol. The van der Waals surface area contributed by atoms with E-state index in [1.165, 1.54) is 18.7 Å². The number of carbonyl (C=O) groups excluding carboxylic acids is 1. The summed E-state index contributed by atoms with van der Waals surface area (Å²) in [6.45, 7) is 1.13. The summed E-state index contributed by atoms with van der Waals surface area (Å²) in [6, 6.07) is 5.93. The molecule has 1 aliphatic heterocycles. The zero-order valence-electron chi connectivity index (χ0n) is 13.0. The van der Waals surface area contributed by atoms with E-state index < -0.39 is 6.04 Å². The minimum atomic E-state index is -0.418. The lowest BCUT2D eigenvalue weighted by Crippen LogP contribution is -2.43. The third kappa shape index (κ3) is 3.03. The van der Waals surface area contributed by atoms with Crippen molar-refractivity contribution in [3.05, 3.63) is 53.4 Å². The largest absolute Gasteiger partial charge is 0.377 e. The van der Waals surface area contributed by atoms with Crippen LogP contribution in [0.25, 0.3) is 10.6 Å². The highest BCUT2D eigenvalue weighted by atomic mass is 32.1. The summed E-state index contributed by atoms with van der Waals surface area (Å²) in [7, 11) is 0. The van der Waals surface area contributed by atoms with Crippen molar-refractivity contribution >= 4 is 17.2 Å². The van der Waals surface area contributed by atoms with E-state index in [9.17, 15) is 9.18 Å². The van der Waals surface area contributed by atoms with Gasteiger partial charge in [0.15, 0.2) is 5.82 Å². The Morgan fingerprint density at radius 2 is 2.20 bits per heavy atom. The molecule has 3 heterocycles. The molecule has 2 aromatic heterocycles. The number of benzene rings is 1. The second-order valence-corrected chi connectivity index (χ2v) is 6.42. The second-order valence-electron chi connectivity index (χ2n) is 5.39. The van der Waals surface area contributed by atoms with Gasteiger partial charge in [-0.05, 0) is 12.1 Å². The van der Waals surface area contributed by atoms with E-state index in [1.807, 2.05) is 0 Å². The van der Waals surface area contributed by atoms with E-state index >= 15 is 0 Å². The van der Waals surface area contributed by atoms with Crippen molar-refractivity contribution in [3.63, 3.8) is 0 Å². The highest BCUT2D eigenvalue weighted by Gasteiger charge is 2.33. The monoisotopic (exact) mass is 360 g/mol. The van der Waals surface area contributed by atoms with Crippen LogP contribution in [-0.4, -0.2) is 45.7 Å². The average molecular weight is 360 g/mol. The van der Waals surface area contributed by atoms with Crippen LogP contribution < -0.4 is 0 Å². The Morgan fingerprint density at radius 3 is 3.00 bits per heavy atom. The van der Waals surface area contributed by atoms with Gasteiger partial charge in [0.05, 0.1) is 19.4 Å². The Balaban J connectivity index is 1.61. The number of halogens is 1. The van der Waals surface area contributed by atoms with Crippen molar-refractivity contribution in [3.8, 4) is 10.6 Å². The molecule has 0 saturated carbocycles. The maximum absolute atomic E-state index is 13.9. The summed E-state index contributed by atoms with van der Waals surface area (Å²) in [5.41, 5.74) is 0.378. The molecule has 1 aromatic carbocycles. The Bertz CT molecular complexity index is 883. The van der Waals surface area contributed by atoms with Crippen molar-refractivity contribution in [1.82, 2.24) is 20.0 Å². The van der Waals surface area contributed by atoms with Gasteiger partial charge in [0.25, 0.3) is 5.91 Å². The molecule has 0 spiro atoms. The molecule has 7 nitrogen and oxygen atoms in total. The van der Waals surface area contributed by atoms with Crippen LogP contribution in [0.1, 0.15) is 21.5 Å². The van der Waals surface area contributed by atoms with Gasteiger partial charge in [-0.1, -0.05) is 17.3 Å². The first-order chi connectivity index (χ1) is 12.2. The van der Waals surface area contributed by atoms with Crippen molar-refractivity contribution in [2.75, 3.05) is 19.8 Å². The summed E-state index contributed by atoms with van der Waals surface area (Å²) >= 11 is 1.15. The third-order valence-electron chi connectivity index (χ3n) is 3.89. The van der Waals surface area contributed by atoms with Gasteiger partial charge in [0.2, 0.25) is 6.39 Å². The number of nitrogens with zero attached hydrogens (tertiary/aromatic N) is 4. The molecule has 1 amide bonds. The van der Waals surface area contributed by atoms with Crippen LogP contribution in [0.15, 0.2) is 41.4 Å². The van der Waals surface area contributed by atoms with E-state index in [-0.39, 0.29) is 11.7 Å². The fourth-order valence-electron chi connectivity index (χ4n) is 2.66. The summed E-state index contributed by atoms with van der Waals surface area (Å²) in [4.78, 5) is 23.2. The first-order valence-electron chi connectivity index (χ1n) is 7.60. The number of amides is 1. The molecule has 25 heavy (non-hydrogen) atoms. The normalized spacial score (nSPS) is 17.6. The van der Waals surface area contributed by atoms with E-state index in [0.717, 1.165) is 11.3 Å². The van der Waals surface area contributed by atoms with E-state index in [1.54, 1.807) is 23.1 Å². The molecular formula is C16H13FN4O3S. The predicted octanol–water partition coefficient (Wildman–Crippen LogP) is 2.55. The van der Waals surface area contributed by atoms with Gasteiger partial charge >= 0.3 is 0 Å². The van der Waals surface area contributed by atoms with Crippen molar-refractivity contribution in [2.45, 2.75) is 6.04 Å². The third-order valence-corrected chi connectivity index (χ3v) is 4.91. The number of hydrogen-bond donors (Lipinski definition) is 0. The first-order valence-corrected chi connectivity index (χ1v) is 8.41. The number of morpholine rings is 1. The summed E-state index contributed by atoms with van der Waals surface area (Å²) < 4.78 is 24.1. The molecule has 128 valence electrons. The smallest absolute Gasteiger partial charge is 0.266 e. The van der Waals surface area contributed by atoms with Crippen LogP contribution in [0, 0.1) is 5.82 Å². The molecule has 1 atom stereocenters. The fourth-order valence-corrected chi connectivity index (χ4v) is 3.56. The summed E-state index contributed by atoms with van der Waals surface area (Å²) in [6.07, 6.45) is 2.69. The Morgan fingerprint density at radius 1 is 1.32 bits per heavy atom. The number of aromatic nitrogens is 3. The number of rotatable bonds is 3. The number of thiazole rings is 1. The van der Waals surface area contributed by atoms with E-state index in [2.05, 4.69) is 15.1 Å². The van der Waals surface area contributed by atoms with Crippen molar-refractivity contribution in [1.29, 1.82) is 0 Å². The van der Waals surface area contributed by atoms with Gasteiger partial charge in [0, 0.05) is 12.1 Å². The molecule has 1 aliphatic rings. The lowest BCUT2D eigenvalue weighted by atomic mass is 10.2. The van der Waals surface area contributed by atoms with Crippen LogP contribution >= 0.6 is 11.3 Å². The quantitative estimate of drug-likeness (QED) is 0.714. The molecule has 0 aliphatic carbocycles. The number of carbonyl (C=O) groups is 1. The molecular weight excluding hydrogens is 347 g/mol. The average Bonchev–Trinajstić information content (AvgIpc) is 3.34. The summed E-state index contributed by atoms with van der Waals surface area (Å²) in [5, 5.41) is 4.27. The fraction of sp³-hybridized carbons (Fsp3) is 0.250. The molecule has 1 fully saturated rings. The molecule has 3 aromatic rings. The first kappa shape index (κ1) is 15.9. The van der Waals surface area contributed by atoms with Crippen molar-refractivity contribution < 1.29 is 18.4 Å². The molecule has 4 rings (SSSR count). The van der Waals surface area contributed by atoms with Gasteiger partial charge in [-0.3, -0.25) is 4.79 Å². The molecule has 1 saturated heterocycles. The second kappa shape index (κ2) is 6.69. The lowest BCUT2D eigenvalue weighted by Gasteiger charge is -2.33. The molecule has 1 unspecified atom stereocenters. The maximum atomic E-state index is 13.9. The molecule has 0 bridgehead atoms. The van der Waals surface area contributed by atoms with Gasteiger partial charge in [-0.2, -0.15) is 4.98 Å². The van der Waals surface area contributed by atoms with Crippen molar-refractivity contribution in [2.24, 2.45) is 0 Å². The van der Waals surface area contributed by atoms with Gasteiger partial charge in [-0.25, -0.2) is 9.37 Å². The highest BCUT2D eigenvalue weighted by Crippen LogP contribution is 2.30. The highest BCUT2D eigenvalue weighted by molar-refractivity contribution is 7.16. The van der Waals surface area contributed by atoms with Gasteiger partial charge < -0.3 is 14.2 Å². The van der Waals surface area contributed by atoms with Crippen LogP contribution in [0.5, 0.6) is 0 Å². The molecule has 0 radical (unpaired) electrons. The Kier molecular flexibility index (Phi) is 4.24. The number of hydrogen-bond acceptors (Lipinski definition) is 7. The molecule has 9 heteroatoms. The van der Waals surface area contributed by atoms with Crippen LogP contribution in [0.3, 0.4) is 0 Å². The number of ether oxygens (including phenoxy) is 1. The van der Waals surface area contributed by atoms with Crippen LogP contribution in [-0.2, 0) is 4.74 Å². The Labute approximate surface area is 146 Å². The maximum Gasteiger partial charge on any atom is 0.266 e. The van der Waals surface area contributed by atoms with E-state index in [4.69, 9.17) is 9.26 Å². The zero-order chi connectivity index (χ0) is 17.2. The Hall–Kier alpha value is -2.65. The van der Waals surface area contributed by atoms with Gasteiger partial charge in [-0.15, -0.1) is 11.3 Å². The molecule has 0 N–H and O–H groups in total. The summed E-state index contributed by atoms with van der Waals surface area (Å²) in [5.74, 6) is -0.183.